The monoisotopic (exact) mass is 309 g/mol. The first kappa shape index (κ1) is 15.9. The van der Waals surface area contributed by atoms with E-state index < -0.39 is 21.8 Å². The van der Waals surface area contributed by atoms with Crippen LogP contribution in [0.25, 0.3) is 0 Å². The normalized spacial score (nSPS) is 13.2. The van der Waals surface area contributed by atoms with Crippen LogP contribution in [-0.4, -0.2) is 26.0 Å². The van der Waals surface area contributed by atoms with Crippen molar-refractivity contribution in [2.45, 2.75) is 18.2 Å². The Balaban J connectivity index is 2.81. The van der Waals surface area contributed by atoms with Crippen molar-refractivity contribution in [3.05, 3.63) is 29.0 Å². The van der Waals surface area contributed by atoms with Gasteiger partial charge in [0.25, 0.3) is 0 Å². The second kappa shape index (κ2) is 6.31. The van der Waals surface area contributed by atoms with Gasteiger partial charge >= 0.3 is 5.97 Å². The third kappa shape index (κ3) is 4.77. The van der Waals surface area contributed by atoms with Crippen molar-refractivity contribution in [2.75, 3.05) is 6.54 Å². The third-order valence-corrected chi connectivity index (χ3v) is 4.23. The largest absolute Gasteiger partial charge is 0.481 e. The number of hydrogen-bond donors (Lipinski definition) is 2. The van der Waals surface area contributed by atoms with Crippen molar-refractivity contribution in [1.29, 1.82) is 0 Å². The molecule has 0 aliphatic rings. The fourth-order valence-corrected chi connectivity index (χ4v) is 3.06. The Hall–Kier alpha value is -1.18. The summed E-state index contributed by atoms with van der Waals surface area (Å²) in [4.78, 5) is 10.1. The minimum Gasteiger partial charge on any atom is -0.481 e. The molecule has 0 bridgehead atoms. The molecule has 8 heteroatoms. The Morgan fingerprint density at radius 1 is 1.53 bits per heavy atom. The number of carboxylic acids is 1. The van der Waals surface area contributed by atoms with Crippen LogP contribution in [0.5, 0.6) is 0 Å². The molecule has 0 saturated heterocycles. The first-order valence-corrected chi connectivity index (χ1v) is 7.25. The lowest BCUT2D eigenvalue weighted by molar-refractivity contribution is -0.137. The van der Waals surface area contributed by atoms with E-state index in [0.717, 1.165) is 18.2 Å². The Kier molecular flexibility index (Phi) is 5.28. The molecule has 19 heavy (non-hydrogen) atoms. The number of halogens is 2. The van der Waals surface area contributed by atoms with Gasteiger partial charge in [-0.3, -0.25) is 4.79 Å². The molecule has 1 aromatic rings. The van der Waals surface area contributed by atoms with Crippen LogP contribution in [0.2, 0.25) is 5.02 Å². The summed E-state index contributed by atoms with van der Waals surface area (Å²) >= 11 is 5.70. The number of sulfonamides is 1. The molecule has 1 rings (SSSR count). The zero-order chi connectivity index (χ0) is 14.6. The number of nitrogens with one attached hydrogen (secondary N) is 1. The van der Waals surface area contributed by atoms with Gasteiger partial charge in [0, 0.05) is 13.0 Å². The maximum absolute atomic E-state index is 13.0. The fourth-order valence-electron chi connectivity index (χ4n) is 1.38. The molecule has 0 radical (unpaired) electrons. The second-order valence-corrected chi connectivity index (χ2v) is 6.27. The molecule has 0 amide bonds. The lowest BCUT2D eigenvalue weighted by Gasteiger charge is -2.12. The summed E-state index contributed by atoms with van der Waals surface area (Å²) < 4.78 is 39.0. The maximum Gasteiger partial charge on any atom is 0.303 e. The SMILES string of the molecule is CC(CNS(=O)(=O)c1cc(F)ccc1Cl)CC(=O)O. The molecular weight excluding hydrogens is 297 g/mol. The summed E-state index contributed by atoms with van der Waals surface area (Å²) in [5.41, 5.74) is 0. The summed E-state index contributed by atoms with van der Waals surface area (Å²) in [5.74, 6) is -2.13. The number of hydrogen-bond acceptors (Lipinski definition) is 3. The van der Waals surface area contributed by atoms with E-state index in [-0.39, 0.29) is 28.8 Å². The van der Waals surface area contributed by atoms with Gasteiger partial charge in [0.15, 0.2) is 0 Å². The van der Waals surface area contributed by atoms with E-state index in [0.29, 0.717) is 0 Å². The molecule has 106 valence electrons. The van der Waals surface area contributed by atoms with Gasteiger partial charge in [-0.05, 0) is 24.1 Å². The predicted octanol–water partition coefficient (Wildman–Crippen LogP) is 1.87. The molecule has 0 saturated carbocycles. The van der Waals surface area contributed by atoms with E-state index in [2.05, 4.69) is 4.72 Å². The zero-order valence-electron chi connectivity index (χ0n) is 10.1. The predicted molar refractivity (Wildman–Crippen MR) is 68.0 cm³/mol. The van der Waals surface area contributed by atoms with Gasteiger partial charge in [-0.15, -0.1) is 0 Å². The standard InChI is InChI=1S/C11H13ClFNO4S/c1-7(4-11(15)16)6-14-19(17,18)10-5-8(13)2-3-9(10)12/h2-3,5,7,14H,4,6H2,1H3,(H,15,16). The van der Waals surface area contributed by atoms with Crippen molar-refractivity contribution in [3.63, 3.8) is 0 Å². The van der Waals surface area contributed by atoms with Crippen LogP contribution >= 0.6 is 11.6 Å². The minimum atomic E-state index is -3.96. The molecule has 0 spiro atoms. The topological polar surface area (TPSA) is 83.5 Å². The number of benzene rings is 1. The quantitative estimate of drug-likeness (QED) is 0.840. The summed E-state index contributed by atoms with van der Waals surface area (Å²) in [6, 6.07) is 3.01. The molecular formula is C11H13ClFNO4S. The first-order valence-electron chi connectivity index (χ1n) is 5.39. The molecule has 0 heterocycles. The fraction of sp³-hybridized carbons (Fsp3) is 0.364. The number of carbonyl (C=O) groups is 1. The molecule has 0 fully saturated rings. The average molecular weight is 310 g/mol. The van der Waals surface area contributed by atoms with Gasteiger partial charge in [-0.2, -0.15) is 0 Å². The van der Waals surface area contributed by atoms with E-state index in [4.69, 9.17) is 16.7 Å². The maximum atomic E-state index is 13.0. The van der Waals surface area contributed by atoms with E-state index in [1.807, 2.05) is 0 Å². The van der Waals surface area contributed by atoms with Crippen molar-refractivity contribution in [3.8, 4) is 0 Å². The number of aliphatic carboxylic acids is 1. The zero-order valence-corrected chi connectivity index (χ0v) is 11.6. The minimum absolute atomic E-state index is 0.0680. The molecule has 0 aliphatic carbocycles. The van der Waals surface area contributed by atoms with Gasteiger partial charge in [0.05, 0.1) is 5.02 Å². The number of carboxylic acid groups (broad SMARTS) is 1. The summed E-state index contributed by atoms with van der Waals surface area (Å²) in [7, 11) is -3.96. The van der Waals surface area contributed by atoms with Crippen molar-refractivity contribution < 1.29 is 22.7 Å². The Labute approximate surface area is 115 Å². The molecule has 0 aromatic heterocycles. The van der Waals surface area contributed by atoms with Crippen LogP contribution in [0.4, 0.5) is 4.39 Å². The number of rotatable bonds is 6. The van der Waals surface area contributed by atoms with E-state index in [1.54, 1.807) is 6.92 Å². The second-order valence-electron chi connectivity index (χ2n) is 4.13. The Bertz CT molecular complexity index is 576. The van der Waals surface area contributed by atoms with Gasteiger partial charge in [-0.25, -0.2) is 17.5 Å². The smallest absolute Gasteiger partial charge is 0.303 e. The van der Waals surface area contributed by atoms with Gasteiger partial charge in [-0.1, -0.05) is 18.5 Å². The highest BCUT2D eigenvalue weighted by Crippen LogP contribution is 2.22. The van der Waals surface area contributed by atoms with Crippen LogP contribution in [-0.2, 0) is 14.8 Å². The molecule has 5 nitrogen and oxygen atoms in total. The van der Waals surface area contributed by atoms with Crippen LogP contribution in [0.1, 0.15) is 13.3 Å². The van der Waals surface area contributed by atoms with Gasteiger partial charge in [0.2, 0.25) is 10.0 Å². The van der Waals surface area contributed by atoms with Gasteiger partial charge < -0.3 is 5.11 Å². The average Bonchev–Trinajstić information content (AvgIpc) is 2.29. The summed E-state index contributed by atoms with van der Waals surface area (Å²) in [5, 5.41) is 8.47. The highest BCUT2D eigenvalue weighted by Gasteiger charge is 2.20. The van der Waals surface area contributed by atoms with Gasteiger partial charge in [0.1, 0.15) is 10.7 Å². The van der Waals surface area contributed by atoms with E-state index >= 15 is 0 Å². The highest BCUT2D eigenvalue weighted by molar-refractivity contribution is 7.89. The van der Waals surface area contributed by atoms with E-state index in [1.165, 1.54) is 0 Å². The van der Waals surface area contributed by atoms with Crippen LogP contribution < -0.4 is 4.72 Å². The van der Waals surface area contributed by atoms with Crippen LogP contribution in [0.15, 0.2) is 23.1 Å². The van der Waals surface area contributed by atoms with Crippen molar-refractivity contribution in [2.24, 2.45) is 5.92 Å². The molecule has 1 atom stereocenters. The van der Waals surface area contributed by atoms with Crippen LogP contribution in [0.3, 0.4) is 0 Å². The Morgan fingerprint density at radius 3 is 2.74 bits per heavy atom. The molecule has 1 aromatic carbocycles. The highest BCUT2D eigenvalue weighted by atomic mass is 35.5. The van der Waals surface area contributed by atoms with Crippen LogP contribution in [0, 0.1) is 11.7 Å². The summed E-state index contributed by atoms with van der Waals surface area (Å²) in [6.07, 6.45) is -0.167. The van der Waals surface area contributed by atoms with E-state index in [9.17, 15) is 17.6 Å². The van der Waals surface area contributed by atoms with Crippen molar-refractivity contribution >= 4 is 27.6 Å². The lowest BCUT2D eigenvalue weighted by atomic mass is 10.1. The molecule has 1 unspecified atom stereocenters. The molecule has 2 N–H and O–H groups in total. The summed E-state index contributed by atoms with van der Waals surface area (Å²) in [6.45, 7) is 1.52. The third-order valence-electron chi connectivity index (χ3n) is 2.33. The Morgan fingerprint density at radius 2 is 2.16 bits per heavy atom. The van der Waals surface area contributed by atoms with Crippen molar-refractivity contribution in [1.82, 2.24) is 4.72 Å². The first-order chi connectivity index (χ1) is 8.72. The lowest BCUT2D eigenvalue weighted by Crippen LogP contribution is -2.29. The molecule has 0 aliphatic heterocycles.